The predicted molar refractivity (Wildman–Crippen MR) is 155 cm³/mol. The van der Waals surface area contributed by atoms with Gasteiger partial charge >= 0.3 is 0 Å². The zero-order valence-corrected chi connectivity index (χ0v) is 21.7. The fraction of sp³-hybridized carbons (Fsp3) is 0.189. The van der Waals surface area contributed by atoms with Gasteiger partial charge in [0.25, 0.3) is 0 Å². The van der Waals surface area contributed by atoms with E-state index in [0.29, 0.717) is 5.92 Å². The molecule has 0 aromatic heterocycles. The van der Waals surface area contributed by atoms with Gasteiger partial charge in [0.1, 0.15) is 0 Å². The summed E-state index contributed by atoms with van der Waals surface area (Å²) in [6, 6.07) is 34.3. The second-order valence-electron chi connectivity index (χ2n) is 11.0. The van der Waals surface area contributed by atoms with E-state index in [1.807, 2.05) is 0 Å². The van der Waals surface area contributed by atoms with E-state index in [2.05, 4.69) is 129 Å². The Balaban J connectivity index is 1.41. The van der Waals surface area contributed by atoms with E-state index in [-0.39, 0.29) is 5.41 Å². The van der Waals surface area contributed by atoms with E-state index in [0.717, 1.165) is 6.42 Å². The van der Waals surface area contributed by atoms with Gasteiger partial charge in [-0.2, -0.15) is 0 Å². The summed E-state index contributed by atoms with van der Waals surface area (Å²) in [6.45, 7) is 4.49. The van der Waals surface area contributed by atoms with Crippen LogP contribution < -0.4 is 0 Å². The van der Waals surface area contributed by atoms with Gasteiger partial charge in [-0.15, -0.1) is 0 Å². The van der Waals surface area contributed by atoms with Gasteiger partial charge in [0.2, 0.25) is 0 Å². The first kappa shape index (κ1) is 22.3. The molecule has 0 aliphatic heterocycles. The third-order valence-corrected chi connectivity index (χ3v) is 8.79. The topological polar surface area (TPSA) is 0 Å². The van der Waals surface area contributed by atoms with Gasteiger partial charge in [0.15, 0.2) is 0 Å². The molecule has 3 aliphatic rings. The van der Waals surface area contributed by atoms with Gasteiger partial charge < -0.3 is 0 Å². The Morgan fingerprint density at radius 1 is 0.784 bits per heavy atom. The Hall–Kier alpha value is -3.90. The van der Waals surface area contributed by atoms with Crippen molar-refractivity contribution in [1.29, 1.82) is 0 Å². The average molecular weight is 477 g/mol. The second kappa shape index (κ2) is 8.60. The van der Waals surface area contributed by atoms with Crippen LogP contribution in [0, 0.1) is 12.8 Å². The molecule has 0 heterocycles. The van der Waals surface area contributed by atoms with Crippen LogP contribution in [0.3, 0.4) is 0 Å². The standard InChI is InChI=1S/C37H32/c1-25-11-20-31(21-12-25)37(35-9-5-3-7-33(35)34-8-4-6-10-36(34)37)32-22-13-26(2)29(24-32)17-15-27-14-16-28-18-19-30(28)23-27/h3-14,16-17,20-24,26H,15,18-19H2,1-2H3. The minimum atomic E-state index is -0.327. The fourth-order valence-corrected chi connectivity index (χ4v) is 6.63. The zero-order chi connectivity index (χ0) is 25.0. The monoisotopic (exact) mass is 476 g/mol. The molecule has 0 radical (unpaired) electrons. The normalized spacial score (nSPS) is 19.6. The maximum absolute atomic E-state index is 2.49. The highest BCUT2D eigenvalue weighted by Gasteiger charge is 2.46. The third kappa shape index (κ3) is 3.43. The van der Waals surface area contributed by atoms with E-state index in [4.69, 9.17) is 0 Å². The molecule has 0 saturated carbocycles. The molecule has 1 atom stereocenters. The first-order valence-corrected chi connectivity index (χ1v) is 13.6. The van der Waals surface area contributed by atoms with Crippen molar-refractivity contribution in [3.63, 3.8) is 0 Å². The molecule has 0 spiro atoms. The highest BCUT2D eigenvalue weighted by Crippen LogP contribution is 2.57. The van der Waals surface area contributed by atoms with Crippen LogP contribution in [-0.4, -0.2) is 0 Å². The van der Waals surface area contributed by atoms with Gasteiger partial charge in [-0.25, -0.2) is 0 Å². The van der Waals surface area contributed by atoms with Crippen molar-refractivity contribution >= 4 is 0 Å². The van der Waals surface area contributed by atoms with Crippen molar-refractivity contribution < 1.29 is 0 Å². The minimum absolute atomic E-state index is 0.327. The summed E-state index contributed by atoms with van der Waals surface area (Å²) in [5, 5.41) is 0. The van der Waals surface area contributed by atoms with Crippen molar-refractivity contribution in [2.24, 2.45) is 5.92 Å². The molecule has 0 amide bonds. The van der Waals surface area contributed by atoms with Crippen LogP contribution in [0.15, 0.2) is 126 Å². The van der Waals surface area contributed by atoms with Crippen LogP contribution in [0.5, 0.6) is 0 Å². The van der Waals surface area contributed by atoms with Crippen molar-refractivity contribution in [1.82, 2.24) is 0 Å². The highest BCUT2D eigenvalue weighted by atomic mass is 14.5. The molecule has 7 rings (SSSR count). The Bertz CT molecular complexity index is 1560. The number of aryl methyl sites for hydroxylation is 3. The number of allylic oxidation sites excluding steroid dienone is 6. The summed E-state index contributed by atoms with van der Waals surface area (Å²) in [5.41, 5.74) is 15.0. The molecule has 4 aromatic rings. The van der Waals surface area contributed by atoms with E-state index in [1.165, 1.54) is 68.5 Å². The van der Waals surface area contributed by atoms with Crippen LogP contribution in [-0.2, 0) is 24.7 Å². The van der Waals surface area contributed by atoms with Gasteiger partial charge in [-0.3, -0.25) is 0 Å². The van der Waals surface area contributed by atoms with Crippen molar-refractivity contribution in [2.45, 2.75) is 38.5 Å². The SMILES string of the molecule is Cc1ccc(C2(C3=CC(=CCc4ccc5c(c4)CC5)C(C)C=C3)c3ccccc3-c3ccccc32)cc1. The van der Waals surface area contributed by atoms with Gasteiger partial charge in [0, 0.05) is 0 Å². The first-order valence-electron chi connectivity index (χ1n) is 13.6. The predicted octanol–water partition coefficient (Wildman–Crippen LogP) is 8.71. The number of benzene rings is 4. The summed E-state index contributed by atoms with van der Waals surface area (Å²) in [7, 11) is 0. The summed E-state index contributed by atoms with van der Waals surface area (Å²) in [5.74, 6) is 0.400. The minimum Gasteiger partial charge on any atom is -0.0770 e. The second-order valence-corrected chi connectivity index (χ2v) is 11.0. The molecule has 180 valence electrons. The van der Waals surface area contributed by atoms with Crippen molar-refractivity contribution in [3.05, 3.63) is 165 Å². The lowest BCUT2D eigenvalue weighted by molar-refractivity contribution is 0.747. The highest BCUT2D eigenvalue weighted by molar-refractivity contribution is 5.87. The van der Waals surface area contributed by atoms with Gasteiger partial charge in [0.05, 0.1) is 5.41 Å². The Morgan fingerprint density at radius 2 is 1.46 bits per heavy atom. The molecule has 4 aromatic carbocycles. The Kier molecular flexibility index (Phi) is 5.18. The van der Waals surface area contributed by atoms with Crippen LogP contribution in [0.4, 0.5) is 0 Å². The molecule has 0 N–H and O–H groups in total. The Labute approximate surface area is 220 Å². The van der Waals surface area contributed by atoms with Crippen LogP contribution >= 0.6 is 0 Å². The molecular weight excluding hydrogens is 444 g/mol. The fourth-order valence-electron chi connectivity index (χ4n) is 6.63. The van der Waals surface area contributed by atoms with E-state index >= 15 is 0 Å². The number of hydrogen-bond acceptors (Lipinski definition) is 0. The van der Waals surface area contributed by atoms with E-state index in [9.17, 15) is 0 Å². The number of rotatable bonds is 4. The van der Waals surface area contributed by atoms with E-state index in [1.54, 1.807) is 5.56 Å². The summed E-state index contributed by atoms with van der Waals surface area (Å²) in [6.07, 6.45) is 13.2. The summed E-state index contributed by atoms with van der Waals surface area (Å²) >= 11 is 0. The van der Waals surface area contributed by atoms with E-state index < -0.39 is 0 Å². The molecular formula is C37H32. The molecule has 0 heteroatoms. The van der Waals surface area contributed by atoms with Crippen LogP contribution in [0.2, 0.25) is 0 Å². The van der Waals surface area contributed by atoms with Crippen molar-refractivity contribution in [3.8, 4) is 11.1 Å². The smallest absolute Gasteiger partial charge is 0.0713 e. The van der Waals surface area contributed by atoms with Crippen molar-refractivity contribution in [2.75, 3.05) is 0 Å². The maximum atomic E-state index is 2.49. The van der Waals surface area contributed by atoms with Crippen LogP contribution in [0.1, 0.15) is 45.9 Å². The largest absolute Gasteiger partial charge is 0.0770 e. The summed E-state index contributed by atoms with van der Waals surface area (Å²) in [4.78, 5) is 0. The van der Waals surface area contributed by atoms with Gasteiger partial charge in [-0.1, -0.05) is 128 Å². The molecule has 3 aliphatic carbocycles. The lowest BCUT2D eigenvalue weighted by atomic mass is 9.65. The Morgan fingerprint density at radius 3 is 2.11 bits per heavy atom. The molecule has 0 nitrogen and oxygen atoms in total. The third-order valence-electron chi connectivity index (χ3n) is 8.79. The average Bonchev–Trinajstić information content (AvgIpc) is 3.21. The molecule has 1 unspecified atom stereocenters. The first-order chi connectivity index (χ1) is 18.1. The van der Waals surface area contributed by atoms with Gasteiger partial charge in [-0.05, 0) is 87.8 Å². The van der Waals surface area contributed by atoms with Crippen LogP contribution in [0.25, 0.3) is 11.1 Å². The number of hydrogen-bond donors (Lipinski definition) is 0. The number of fused-ring (bicyclic) bond motifs is 4. The maximum Gasteiger partial charge on any atom is 0.0713 e. The lowest BCUT2D eigenvalue weighted by Gasteiger charge is -2.36. The molecule has 37 heavy (non-hydrogen) atoms. The molecule has 0 fully saturated rings. The molecule has 0 bridgehead atoms. The quantitative estimate of drug-likeness (QED) is 0.276. The summed E-state index contributed by atoms with van der Waals surface area (Å²) < 4.78 is 0. The molecule has 0 saturated heterocycles. The lowest BCUT2D eigenvalue weighted by Crippen LogP contribution is -2.30. The zero-order valence-electron chi connectivity index (χ0n) is 21.7.